The Morgan fingerprint density at radius 2 is 2.07 bits per heavy atom. The van der Waals surface area contributed by atoms with Gasteiger partial charge in [-0.25, -0.2) is 4.98 Å². The monoisotopic (exact) mass is 373 g/mol. The highest BCUT2D eigenvalue weighted by molar-refractivity contribution is 5.76. The molecular weight excluding hydrogens is 338 g/mol. The Labute approximate surface area is 163 Å². The summed E-state index contributed by atoms with van der Waals surface area (Å²) in [7, 11) is 2.26. The topological polar surface area (TPSA) is 44.6 Å². The van der Waals surface area contributed by atoms with Gasteiger partial charge in [0.25, 0.3) is 0 Å². The number of aromatic nitrogens is 2. The van der Waals surface area contributed by atoms with Crippen molar-refractivity contribution in [1.29, 1.82) is 0 Å². The van der Waals surface area contributed by atoms with Gasteiger partial charge in [-0.05, 0) is 45.1 Å². The van der Waals surface area contributed by atoms with Crippen molar-refractivity contribution < 1.29 is 4.79 Å². The molecule has 150 valence electrons. The molecule has 3 heterocycles. The minimum absolute atomic E-state index is 0.133. The number of amides is 1. The van der Waals surface area contributed by atoms with Gasteiger partial charge in [0.05, 0.1) is 6.54 Å². The highest BCUT2D eigenvalue weighted by atomic mass is 16.2. The fourth-order valence-corrected chi connectivity index (χ4v) is 4.85. The van der Waals surface area contributed by atoms with Gasteiger partial charge >= 0.3 is 0 Å². The molecule has 1 aliphatic carbocycles. The van der Waals surface area contributed by atoms with E-state index in [2.05, 4.69) is 44.4 Å². The van der Waals surface area contributed by atoms with Gasteiger partial charge in [0.1, 0.15) is 5.82 Å². The van der Waals surface area contributed by atoms with E-state index in [-0.39, 0.29) is 5.54 Å². The number of aryl methyl sites for hydroxylation is 1. The average Bonchev–Trinajstić information content (AvgIpc) is 3.41. The molecule has 1 atom stereocenters. The van der Waals surface area contributed by atoms with Gasteiger partial charge in [-0.2, -0.15) is 0 Å². The number of piperazine rings is 1. The maximum Gasteiger partial charge on any atom is 0.222 e. The highest BCUT2D eigenvalue weighted by Gasteiger charge is 2.43. The number of imidazole rings is 1. The lowest BCUT2D eigenvalue weighted by Crippen LogP contribution is -2.60. The molecule has 6 heteroatoms. The van der Waals surface area contributed by atoms with Crippen molar-refractivity contribution in [3.63, 3.8) is 0 Å². The van der Waals surface area contributed by atoms with Crippen molar-refractivity contribution >= 4 is 5.91 Å². The van der Waals surface area contributed by atoms with E-state index in [0.29, 0.717) is 12.3 Å². The quantitative estimate of drug-likeness (QED) is 0.767. The number of rotatable bonds is 6. The second kappa shape index (κ2) is 7.92. The van der Waals surface area contributed by atoms with E-state index in [9.17, 15) is 4.79 Å². The Bertz CT molecular complexity index is 655. The van der Waals surface area contributed by atoms with Crippen molar-refractivity contribution in [3.05, 3.63) is 18.2 Å². The fourth-order valence-electron chi connectivity index (χ4n) is 4.85. The predicted octanol–water partition coefficient (Wildman–Crippen LogP) is 2.20. The van der Waals surface area contributed by atoms with E-state index in [0.717, 1.165) is 71.0 Å². The minimum Gasteiger partial charge on any atom is -0.342 e. The zero-order valence-electron chi connectivity index (χ0n) is 17.1. The molecule has 0 bridgehead atoms. The van der Waals surface area contributed by atoms with E-state index in [4.69, 9.17) is 0 Å². The summed E-state index contributed by atoms with van der Waals surface area (Å²) >= 11 is 0. The first kappa shape index (κ1) is 18.9. The first-order valence-electron chi connectivity index (χ1n) is 10.8. The number of carbonyl (C=O) groups is 1. The molecule has 6 nitrogen and oxygen atoms in total. The largest absolute Gasteiger partial charge is 0.342 e. The standard InChI is InChI=1S/C21H35N5O/c1-3-10-25-12-9-22-19(25)16-24-14-13-23(2)21(17-24)7-6-20(27)26(11-8-21)15-18-4-5-18/h9,12,18H,3-8,10-11,13-17H2,1-2H3. The summed E-state index contributed by atoms with van der Waals surface area (Å²) in [6.45, 7) is 9.30. The van der Waals surface area contributed by atoms with Crippen LogP contribution in [-0.2, 0) is 17.9 Å². The number of hydrogen-bond acceptors (Lipinski definition) is 4. The van der Waals surface area contributed by atoms with E-state index >= 15 is 0 Å². The minimum atomic E-state index is 0.133. The Balaban J connectivity index is 1.43. The molecule has 27 heavy (non-hydrogen) atoms. The van der Waals surface area contributed by atoms with Crippen molar-refractivity contribution in [2.45, 2.75) is 64.1 Å². The van der Waals surface area contributed by atoms with Crippen LogP contribution in [0, 0.1) is 5.92 Å². The van der Waals surface area contributed by atoms with E-state index < -0.39 is 0 Å². The molecule has 0 N–H and O–H groups in total. The van der Waals surface area contributed by atoms with Crippen LogP contribution in [0.2, 0.25) is 0 Å². The third kappa shape index (κ3) is 4.21. The summed E-state index contributed by atoms with van der Waals surface area (Å²) in [6.07, 6.45) is 10.6. The number of likely N-dealkylation sites (N-methyl/N-ethyl adjacent to an activating group) is 1. The van der Waals surface area contributed by atoms with Gasteiger partial charge in [0.2, 0.25) is 5.91 Å². The Hall–Kier alpha value is -1.40. The Morgan fingerprint density at radius 3 is 2.85 bits per heavy atom. The van der Waals surface area contributed by atoms with Gasteiger partial charge in [0, 0.05) is 63.6 Å². The van der Waals surface area contributed by atoms with Crippen LogP contribution < -0.4 is 0 Å². The number of likely N-dealkylation sites (tertiary alicyclic amines) is 1. The van der Waals surface area contributed by atoms with Crippen LogP contribution >= 0.6 is 0 Å². The first-order chi connectivity index (χ1) is 13.1. The van der Waals surface area contributed by atoms with Crippen molar-refractivity contribution in [3.8, 4) is 0 Å². The second-order valence-corrected chi connectivity index (χ2v) is 8.93. The zero-order valence-corrected chi connectivity index (χ0v) is 17.1. The van der Waals surface area contributed by atoms with Crippen LogP contribution in [0.1, 0.15) is 51.3 Å². The number of hydrogen-bond donors (Lipinski definition) is 0. The molecule has 4 rings (SSSR count). The fraction of sp³-hybridized carbons (Fsp3) is 0.810. The Kier molecular flexibility index (Phi) is 5.55. The van der Waals surface area contributed by atoms with E-state index in [1.165, 1.54) is 18.7 Å². The molecule has 1 saturated carbocycles. The summed E-state index contributed by atoms with van der Waals surface area (Å²) in [4.78, 5) is 24.5. The third-order valence-corrected chi connectivity index (χ3v) is 6.89. The molecule has 3 aliphatic rings. The summed E-state index contributed by atoms with van der Waals surface area (Å²) in [5.74, 6) is 2.33. The number of carbonyl (C=O) groups excluding carboxylic acids is 1. The molecule has 2 aliphatic heterocycles. The van der Waals surface area contributed by atoms with Crippen LogP contribution in [0.25, 0.3) is 0 Å². The molecule has 1 aromatic heterocycles. The van der Waals surface area contributed by atoms with Crippen molar-refractivity contribution in [2.75, 3.05) is 39.8 Å². The molecular formula is C21H35N5O. The maximum absolute atomic E-state index is 12.6. The summed E-state index contributed by atoms with van der Waals surface area (Å²) in [6, 6.07) is 0. The highest BCUT2D eigenvalue weighted by Crippen LogP contribution is 2.35. The summed E-state index contributed by atoms with van der Waals surface area (Å²) < 4.78 is 2.29. The van der Waals surface area contributed by atoms with Gasteiger partial charge in [-0.3, -0.25) is 14.6 Å². The lowest BCUT2D eigenvalue weighted by molar-refractivity contribution is -0.131. The molecule has 0 aromatic carbocycles. The van der Waals surface area contributed by atoms with E-state index in [1.807, 2.05) is 6.20 Å². The maximum atomic E-state index is 12.6. The van der Waals surface area contributed by atoms with E-state index in [1.54, 1.807) is 0 Å². The van der Waals surface area contributed by atoms with Crippen molar-refractivity contribution in [2.24, 2.45) is 5.92 Å². The lowest BCUT2D eigenvalue weighted by atomic mass is 9.86. The molecule has 1 aromatic rings. The molecule has 1 spiro atoms. The summed E-state index contributed by atoms with van der Waals surface area (Å²) in [5, 5.41) is 0. The molecule has 1 unspecified atom stereocenters. The normalized spacial score (nSPS) is 28.1. The summed E-state index contributed by atoms with van der Waals surface area (Å²) in [5.41, 5.74) is 0.133. The SMILES string of the molecule is CCCn1ccnc1CN1CCN(C)C2(CCC(=O)N(CC3CC3)CC2)C1. The smallest absolute Gasteiger partial charge is 0.222 e. The van der Waals surface area contributed by atoms with Gasteiger partial charge in [-0.15, -0.1) is 0 Å². The number of nitrogens with zero attached hydrogens (tertiary/aromatic N) is 5. The second-order valence-electron chi connectivity index (χ2n) is 8.93. The molecule has 3 fully saturated rings. The third-order valence-electron chi connectivity index (χ3n) is 6.89. The Morgan fingerprint density at radius 1 is 1.22 bits per heavy atom. The molecule has 1 amide bonds. The van der Waals surface area contributed by atoms with Gasteiger partial charge in [0.15, 0.2) is 0 Å². The van der Waals surface area contributed by atoms with Crippen LogP contribution in [0.3, 0.4) is 0 Å². The average molecular weight is 374 g/mol. The predicted molar refractivity (Wildman–Crippen MR) is 106 cm³/mol. The van der Waals surface area contributed by atoms with Crippen LogP contribution in [0.15, 0.2) is 12.4 Å². The van der Waals surface area contributed by atoms with Gasteiger partial charge in [-0.1, -0.05) is 6.92 Å². The van der Waals surface area contributed by atoms with Crippen LogP contribution in [0.4, 0.5) is 0 Å². The zero-order chi connectivity index (χ0) is 18.9. The van der Waals surface area contributed by atoms with Crippen LogP contribution in [0.5, 0.6) is 0 Å². The lowest BCUT2D eigenvalue weighted by Gasteiger charge is -2.49. The molecule has 2 saturated heterocycles. The first-order valence-corrected chi connectivity index (χ1v) is 10.8. The van der Waals surface area contributed by atoms with Crippen LogP contribution in [-0.4, -0.2) is 75.5 Å². The van der Waals surface area contributed by atoms with Crippen molar-refractivity contribution in [1.82, 2.24) is 24.3 Å². The molecule has 0 radical (unpaired) electrons. The van der Waals surface area contributed by atoms with Gasteiger partial charge < -0.3 is 9.47 Å².